The molecule has 0 saturated carbocycles. The van der Waals surface area contributed by atoms with Crippen LogP contribution in [-0.2, 0) is 6.42 Å². The Hall–Kier alpha value is -1.73. The zero-order valence-corrected chi connectivity index (χ0v) is 10.7. The topological polar surface area (TPSA) is 0 Å². The van der Waals surface area contributed by atoms with E-state index in [0.717, 1.165) is 6.42 Å². The minimum absolute atomic E-state index is 1.06. The molecule has 0 radical (unpaired) electrons. The van der Waals surface area contributed by atoms with E-state index in [9.17, 15) is 0 Å². The van der Waals surface area contributed by atoms with Gasteiger partial charge in [0.15, 0.2) is 0 Å². The van der Waals surface area contributed by atoms with Crippen molar-refractivity contribution in [2.45, 2.75) is 11.3 Å². The molecule has 1 heteroatoms. The predicted octanol–water partition coefficient (Wildman–Crippen LogP) is 4.77. The van der Waals surface area contributed by atoms with Crippen molar-refractivity contribution in [3.63, 3.8) is 0 Å². The van der Waals surface area contributed by atoms with Gasteiger partial charge in [-0.2, -0.15) is 0 Å². The first kappa shape index (κ1) is 10.2. The van der Waals surface area contributed by atoms with Gasteiger partial charge in [-0.05, 0) is 46.9 Å². The van der Waals surface area contributed by atoms with Gasteiger partial charge >= 0.3 is 0 Å². The lowest BCUT2D eigenvalue weighted by molar-refractivity contribution is 1.16. The summed E-state index contributed by atoms with van der Waals surface area (Å²) in [5.41, 5.74) is 5.62. The lowest BCUT2D eigenvalue weighted by Gasteiger charge is -2.24. The molecule has 1 aliphatic heterocycles. The van der Waals surface area contributed by atoms with Crippen LogP contribution in [0.1, 0.15) is 16.7 Å². The fourth-order valence-electron chi connectivity index (χ4n) is 2.58. The van der Waals surface area contributed by atoms with E-state index in [4.69, 9.17) is 0 Å². The van der Waals surface area contributed by atoms with Crippen LogP contribution in [0.3, 0.4) is 0 Å². The Labute approximate surface area is 111 Å². The Kier molecular flexibility index (Phi) is 2.21. The molecule has 18 heavy (non-hydrogen) atoms. The standard InChI is InChI=1S/C17H12S/c1-2-6-13-11-17-15(9-12(13)5-1)10-14-7-3-4-8-16(14)18-17/h1-8,10-11H,9H2. The predicted molar refractivity (Wildman–Crippen MR) is 78.4 cm³/mol. The fraction of sp³-hybridized carbons (Fsp3) is 0.0588. The third kappa shape index (κ3) is 1.55. The summed E-state index contributed by atoms with van der Waals surface area (Å²) >= 11 is 1.90. The third-order valence-corrected chi connectivity index (χ3v) is 4.70. The van der Waals surface area contributed by atoms with Gasteiger partial charge in [-0.15, -0.1) is 0 Å². The second-order valence-corrected chi connectivity index (χ2v) is 5.78. The molecule has 0 bridgehead atoms. The van der Waals surface area contributed by atoms with E-state index in [0.29, 0.717) is 0 Å². The van der Waals surface area contributed by atoms with Crippen molar-refractivity contribution in [2.24, 2.45) is 0 Å². The normalized spacial score (nSPS) is 16.0. The summed E-state index contributed by atoms with van der Waals surface area (Å²) in [6, 6.07) is 17.3. The molecule has 0 unspecified atom stereocenters. The van der Waals surface area contributed by atoms with Crippen LogP contribution >= 0.6 is 11.8 Å². The molecule has 0 fully saturated rings. The monoisotopic (exact) mass is 248 g/mol. The van der Waals surface area contributed by atoms with E-state index in [-0.39, 0.29) is 0 Å². The van der Waals surface area contributed by atoms with Gasteiger partial charge in [0.05, 0.1) is 0 Å². The molecule has 1 heterocycles. The zero-order valence-electron chi connectivity index (χ0n) is 9.89. The smallest absolute Gasteiger partial charge is 0.0195 e. The first-order chi connectivity index (χ1) is 8.90. The summed E-state index contributed by atoms with van der Waals surface area (Å²) < 4.78 is 0. The Balaban J connectivity index is 1.88. The maximum absolute atomic E-state index is 2.34. The number of hydrogen-bond acceptors (Lipinski definition) is 1. The van der Waals surface area contributed by atoms with Crippen LogP contribution in [-0.4, -0.2) is 0 Å². The Morgan fingerprint density at radius 1 is 0.778 bits per heavy atom. The molecule has 0 atom stereocenters. The van der Waals surface area contributed by atoms with Gasteiger partial charge in [-0.1, -0.05) is 54.2 Å². The first-order valence-electron chi connectivity index (χ1n) is 6.17. The molecule has 4 rings (SSSR count). The summed E-state index contributed by atoms with van der Waals surface area (Å²) in [5.74, 6) is 0. The highest BCUT2D eigenvalue weighted by Crippen LogP contribution is 2.44. The molecule has 1 aliphatic carbocycles. The van der Waals surface area contributed by atoms with E-state index >= 15 is 0 Å². The van der Waals surface area contributed by atoms with E-state index in [2.05, 4.69) is 60.7 Å². The lowest BCUT2D eigenvalue weighted by Crippen LogP contribution is -2.04. The van der Waals surface area contributed by atoms with Gasteiger partial charge in [-0.25, -0.2) is 0 Å². The third-order valence-electron chi connectivity index (χ3n) is 3.51. The molecule has 86 valence electrons. The molecular weight excluding hydrogens is 236 g/mol. The van der Waals surface area contributed by atoms with Gasteiger partial charge in [0.25, 0.3) is 0 Å². The summed E-state index contributed by atoms with van der Waals surface area (Å²) in [7, 11) is 0. The summed E-state index contributed by atoms with van der Waals surface area (Å²) in [6.07, 6.45) is 5.72. The highest BCUT2D eigenvalue weighted by atomic mass is 32.2. The highest BCUT2D eigenvalue weighted by molar-refractivity contribution is 8.03. The fourth-order valence-corrected chi connectivity index (χ4v) is 3.65. The SMILES string of the molecule is C1=C2Cc3ccccc3C=C2Sc2ccccc21. The van der Waals surface area contributed by atoms with Gasteiger partial charge in [0.2, 0.25) is 0 Å². The van der Waals surface area contributed by atoms with Gasteiger partial charge in [-0.3, -0.25) is 0 Å². The van der Waals surface area contributed by atoms with Crippen molar-refractivity contribution >= 4 is 23.9 Å². The van der Waals surface area contributed by atoms with Gasteiger partial charge in [0.1, 0.15) is 0 Å². The van der Waals surface area contributed by atoms with Gasteiger partial charge < -0.3 is 0 Å². The molecule has 2 aliphatic rings. The average Bonchev–Trinajstić information content (AvgIpc) is 2.42. The largest absolute Gasteiger partial charge is 0.0891 e. The molecule has 0 spiro atoms. The minimum Gasteiger partial charge on any atom is -0.0891 e. The number of rotatable bonds is 0. The van der Waals surface area contributed by atoms with E-state index < -0.39 is 0 Å². The molecule has 2 aromatic rings. The van der Waals surface area contributed by atoms with E-state index in [1.807, 2.05) is 11.8 Å². The second kappa shape index (κ2) is 3.89. The lowest BCUT2D eigenvalue weighted by atomic mass is 9.92. The summed E-state index contributed by atoms with van der Waals surface area (Å²) in [5, 5.41) is 0. The number of hydrogen-bond donors (Lipinski definition) is 0. The quantitative estimate of drug-likeness (QED) is 0.647. The average molecular weight is 248 g/mol. The van der Waals surface area contributed by atoms with Crippen molar-refractivity contribution in [1.29, 1.82) is 0 Å². The number of fused-ring (bicyclic) bond motifs is 3. The molecule has 2 aromatic carbocycles. The molecule has 0 saturated heterocycles. The highest BCUT2D eigenvalue weighted by Gasteiger charge is 2.20. The first-order valence-corrected chi connectivity index (χ1v) is 6.99. The zero-order chi connectivity index (χ0) is 11.9. The van der Waals surface area contributed by atoms with Gasteiger partial charge in [0, 0.05) is 9.80 Å². The van der Waals surface area contributed by atoms with Crippen LogP contribution in [0, 0.1) is 0 Å². The van der Waals surface area contributed by atoms with Crippen LogP contribution in [0.15, 0.2) is 63.9 Å². The Morgan fingerprint density at radius 3 is 2.50 bits per heavy atom. The van der Waals surface area contributed by atoms with Crippen molar-refractivity contribution in [3.8, 4) is 0 Å². The molecule has 0 N–H and O–H groups in total. The van der Waals surface area contributed by atoms with E-state index in [1.165, 1.54) is 32.1 Å². The van der Waals surface area contributed by atoms with Crippen molar-refractivity contribution in [2.75, 3.05) is 0 Å². The van der Waals surface area contributed by atoms with Crippen LogP contribution in [0.25, 0.3) is 12.2 Å². The van der Waals surface area contributed by atoms with Crippen molar-refractivity contribution in [3.05, 3.63) is 75.7 Å². The van der Waals surface area contributed by atoms with Crippen molar-refractivity contribution < 1.29 is 0 Å². The number of allylic oxidation sites excluding steroid dienone is 1. The van der Waals surface area contributed by atoms with Crippen LogP contribution in [0.2, 0.25) is 0 Å². The molecule has 0 nitrogen and oxygen atoms in total. The van der Waals surface area contributed by atoms with Crippen molar-refractivity contribution in [1.82, 2.24) is 0 Å². The van der Waals surface area contributed by atoms with Crippen LogP contribution in [0.5, 0.6) is 0 Å². The molecule has 0 aromatic heterocycles. The summed E-state index contributed by atoms with van der Waals surface area (Å²) in [6.45, 7) is 0. The molecule has 0 amide bonds. The van der Waals surface area contributed by atoms with Crippen LogP contribution < -0.4 is 0 Å². The minimum atomic E-state index is 1.06. The number of benzene rings is 2. The maximum atomic E-state index is 2.34. The maximum Gasteiger partial charge on any atom is 0.0195 e. The van der Waals surface area contributed by atoms with E-state index in [1.54, 1.807) is 0 Å². The summed E-state index contributed by atoms with van der Waals surface area (Å²) in [4.78, 5) is 2.78. The Bertz CT molecular complexity index is 631. The molecular formula is C17H12S. The number of thioether (sulfide) groups is 1. The van der Waals surface area contributed by atoms with Crippen LogP contribution in [0.4, 0.5) is 0 Å². The second-order valence-electron chi connectivity index (χ2n) is 4.69. The Morgan fingerprint density at radius 2 is 1.56 bits per heavy atom.